The van der Waals surface area contributed by atoms with Gasteiger partial charge in [0.05, 0.1) is 12.7 Å². The molecule has 0 bridgehead atoms. The molecular weight excluding hydrogens is 384 g/mol. The summed E-state index contributed by atoms with van der Waals surface area (Å²) >= 11 is 0. The van der Waals surface area contributed by atoms with Crippen LogP contribution in [-0.4, -0.2) is 69.4 Å². The molecule has 0 unspecified atom stereocenters. The number of fused-ring (bicyclic) bond motifs is 1. The molecule has 0 saturated carbocycles. The molecule has 10 heteroatoms. The van der Waals surface area contributed by atoms with Crippen molar-refractivity contribution in [3.05, 3.63) is 23.8 Å². The summed E-state index contributed by atoms with van der Waals surface area (Å²) in [6, 6.07) is 1.40. The number of carbonyl (C=O) groups is 1. The molecule has 29 heavy (non-hydrogen) atoms. The first-order chi connectivity index (χ1) is 14.1. The Morgan fingerprint density at radius 2 is 2.10 bits per heavy atom. The summed E-state index contributed by atoms with van der Waals surface area (Å²) in [4.78, 5) is 22.5. The average molecular weight is 409 g/mol. The van der Waals surface area contributed by atoms with Gasteiger partial charge in [-0.3, -0.25) is 4.79 Å². The number of alkyl halides is 2. The SMILES string of the molecule is O=C(COC[C@@H]1CCCCO1)N1CCC(c2cc(C(F)F)n3ncnc3n2)CC1. The van der Waals surface area contributed by atoms with Crippen molar-refractivity contribution in [1.29, 1.82) is 0 Å². The van der Waals surface area contributed by atoms with Crippen LogP contribution in [0.5, 0.6) is 0 Å². The molecular formula is C19H25F2N5O3. The van der Waals surface area contributed by atoms with E-state index in [1.165, 1.54) is 12.4 Å². The number of piperidine rings is 1. The fraction of sp³-hybridized carbons (Fsp3) is 0.684. The molecule has 2 aromatic rings. The van der Waals surface area contributed by atoms with E-state index in [2.05, 4.69) is 15.1 Å². The minimum absolute atomic E-state index is 0.00908. The van der Waals surface area contributed by atoms with Gasteiger partial charge in [-0.25, -0.2) is 13.8 Å². The minimum atomic E-state index is -2.66. The lowest BCUT2D eigenvalue weighted by atomic mass is 9.93. The third-order valence-corrected chi connectivity index (χ3v) is 5.59. The minimum Gasteiger partial charge on any atom is -0.376 e. The molecule has 2 aliphatic heterocycles. The maximum Gasteiger partial charge on any atom is 0.280 e. The van der Waals surface area contributed by atoms with Gasteiger partial charge < -0.3 is 14.4 Å². The number of rotatable bonds is 6. The lowest BCUT2D eigenvalue weighted by Gasteiger charge is -2.32. The molecule has 2 aromatic heterocycles. The highest BCUT2D eigenvalue weighted by molar-refractivity contribution is 5.77. The molecule has 4 rings (SSSR count). The van der Waals surface area contributed by atoms with Crippen molar-refractivity contribution < 1.29 is 23.0 Å². The summed E-state index contributed by atoms with van der Waals surface area (Å²) in [6.07, 6.45) is 3.17. The number of likely N-dealkylation sites (tertiary alicyclic amines) is 1. The Labute approximate surface area is 167 Å². The third kappa shape index (κ3) is 4.69. The maximum absolute atomic E-state index is 13.4. The van der Waals surface area contributed by atoms with E-state index in [9.17, 15) is 13.6 Å². The molecule has 0 radical (unpaired) electrons. The van der Waals surface area contributed by atoms with E-state index >= 15 is 0 Å². The molecule has 0 aromatic carbocycles. The summed E-state index contributed by atoms with van der Waals surface area (Å²) in [7, 11) is 0. The first-order valence-corrected chi connectivity index (χ1v) is 10.1. The molecule has 0 N–H and O–H groups in total. The Morgan fingerprint density at radius 1 is 1.28 bits per heavy atom. The van der Waals surface area contributed by atoms with Crippen molar-refractivity contribution in [3.63, 3.8) is 0 Å². The van der Waals surface area contributed by atoms with Gasteiger partial charge in [0.2, 0.25) is 5.91 Å². The van der Waals surface area contributed by atoms with Crippen LogP contribution in [0.3, 0.4) is 0 Å². The standard InChI is InChI=1S/C19H25F2N5O3/c20-18(21)16-9-15(24-19-22-12-23-26(16)19)13-4-6-25(7-5-13)17(27)11-28-10-14-3-1-2-8-29-14/h9,12-14,18H,1-8,10-11H2/t14-/m0/s1. The number of aromatic nitrogens is 4. The third-order valence-electron chi connectivity index (χ3n) is 5.59. The maximum atomic E-state index is 13.4. The summed E-state index contributed by atoms with van der Waals surface area (Å²) in [5.74, 6) is 0.137. The molecule has 0 spiro atoms. The highest BCUT2D eigenvalue weighted by Crippen LogP contribution is 2.29. The largest absolute Gasteiger partial charge is 0.376 e. The van der Waals surface area contributed by atoms with E-state index in [1.807, 2.05) is 0 Å². The van der Waals surface area contributed by atoms with Crippen molar-refractivity contribution in [2.75, 3.05) is 32.9 Å². The summed E-state index contributed by atoms with van der Waals surface area (Å²) in [6.45, 7) is 2.36. The van der Waals surface area contributed by atoms with Gasteiger partial charge in [-0.15, -0.1) is 0 Å². The number of halogens is 2. The first-order valence-electron chi connectivity index (χ1n) is 10.1. The summed E-state index contributed by atoms with van der Waals surface area (Å²) < 4.78 is 38.9. The first kappa shape index (κ1) is 20.1. The summed E-state index contributed by atoms with van der Waals surface area (Å²) in [5, 5.41) is 3.81. The molecule has 8 nitrogen and oxygen atoms in total. The highest BCUT2D eigenvalue weighted by atomic mass is 19.3. The van der Waals surface area contributed by atoms with Crippen LogP contribution in [0.15, 0.2) is 12.4 Å². The smallest absolute Gasteiger partial charge is 0.280 e. The number of ether oxygens (including phenoxy) is 2. The molecule has 1 amide bonds. The molecule has 158 valence electrons. The number of nitrogens with zero attached hydrogens (tertiary/aromatic N) is 5. The highest BCUT2D eigenvalue weighted by Gasteiger charge is 2.27. The van der Waals surface area contributed by atoms with E-state index in [4.69, 9.17) is 9.47 Å². The molecule has 2 fully saturated rings. The van der Waals surface area contributed by atoms with Crippen LogP contribution in [0.25, 0.3) is 5.78 Å². The van der Waals surface area contributed by atoms with Crippen LogP contribution in [0.2, 0.25) is 0 Å². The number of amides is 1. The van der Waals surface area contributed by atoms with E-state index in [0.29, 0.717) is 38.2 Å². The van der Waals surface area contributed by atoms with Gasteiger partial charge in [0.15, 0.2) is 0 Å². The van der Waals surface area contributed by atoms with Crippen molar-refractivity contribution in [1.82, 2.24) is 24.5 Å². The monoisotopic (exact) mass is 409 g/mol. The molecule has 1 atom stereocenters. The number of carbonyl (C=O) groups excluding carboxylic acids is 1. The van der Waals surface area contributed by atoms with Crippen LogP contribution in [-0.2, 0) is 14.3 Å². The lowest BCUT2D eigenvalue weighted by molar-refractivity contribution is -0.139. The zero-order valence-electron chi connectivity index (χ0n) is 16.2. The summed E-state index contributed by atoms with van der Waals surface area (Å²) in [5.41, 5.74) is 0.373. The van der Waals surface area contributed by atoms with Crippen molar-refractivity contribution in [2.24, 2.45) is 0 Å². The van der Waals surface area contributed by atoms with Crippen LogP contribution in [0.4, 0.5) is 8.78 Å². The van der Waals surface area contributed by atoms with E-state index in [1.54, 1.807) is 4.90 Å². The fourth-order valence-corrected chi connectivity index (χ4v) is 3.95. The second-order valence-electron chi connectivity index (χ2n) is 7.54. The van der Waals surface area contributed by atoms with E-state index < -0.39 is 6.43 Å². The van der Waals surface area contributed by atoms with Crippen molar-refractivity contribution >= 4 is 11.7 Å². The van der Waals surface area contributed by atoms with Crippen LogP contribution < -0.4 is 0 Å². The lowest BCUT2D eigenvalue weighted by Crippen LogP contribution is -2.40. The number of hydrogen-bond acceptors (Lipinski definition) is 6. The Hall–Kier alpha value is -2.20. The van der Waals surface area contributed by atoms with Crippen LogP contribution in [0, 0.1) is 0 Å². The fourth-order valence-electron chi connectivity index (χ4n) is 3.95. The second kappa shape index (κ2) is 9.08. The van der Waals surface area contributed by atoms with Gasteiger partial charge in [-0.1, -0.05) is 0 Å². The Bertz CT molecular complexity index is 832. The van der Waals surface area contributed by atoms with Gasteiger partial charge in [0, 0.05) is 31.3 Å². The topological polar surface area (TPSA) is 81.9 Å². The van der Waals surface area contributed by atoms with Gasteiger partial charge in [-0.05, 0) is 38.2 Å². The Balaban J connectivity index is 1.30. The van der Waals surface area contributed by atoms with E-state index in [-0.39, 0.29) is 36.0 Å². The number of hydrogen-bond donors (Lipinski definition) is 0. The van der Waals surface area contributed by atoms with Crippen molar-refractivity contribution in [3.8, 4) is 0 Å². The van der Waals surface area contributed by atoms with Gasteiger partial charge in [-0.2, -0.15) is 14.6 Å². The Kier molecular flexibility index (Phi) is 6.29. The van der Waals surface area contributed by atoms with Gasteiger partial charge in [0.25, 0.3) is 12.2 Å². The van der Waals surface area contributed by atoms with Gasteiger partial charge >= 0.3 is 0 Å². The van der Waals surface area contributed by atoms with Gasteiger partial charge in [0.1, 0.15) is 18.6 Å². The molecule has 2 aliphatic rings. The van der Waals surface area contributed by atoms with E-state index in [0.717, 1.165) is 30.4 Å². The zero-order chi connectivity index (χ0) is 20.2. The van der Waals surface area contributed by atoms with Crippen LogP contribution in [0.1, 0.15) is 55.8 Å². The zero-order valence-corrected chi connectivity index (χ0v) is 16.2. The molecule has 2 saturated heterocycles. The second-order valence-corrected chi connectivity index (χ2v) is 7.54. The predicted octanol–water partition coefficient (Wildman–Crippen LogP) is 2.35. The Morgan fingerprint density at radius 3 is 2.83 bits per heavy atom. The predicted molar refractivity (Wildman–Crippen MR) is 98.7 cm³/mol. The quantitative estimate of drug-likeness (QED) is 0.729. The molecule has 4 heterocycles. The normalized spacial score (nSPS) is 21.2. The van der Waals surface area contributed by atoms with Crippen LogP contribution >= 0.6 is 0 Å². The van der Waals surface area contributed by atoms with Crippen molar-refractivity contribution in [2.45, 2.75) is 50.6 Å². The average Bonchev–Trinajstić information content (AvgIpc) is 3.22. The molecule has 0 aliphatic carbocycles.